The summed E-state index contributed by atoms with van der Waals surface area (Å²) in [7, 11) is 0. The van der Waals surface area contributed by atoms with Crippen LogP contribution in [0.4, 0.5) is 0 Å². The molecule has 0 bridgehead atoms. The van der Waals surface area contributed by atoms with E-state index < -0.39 is 0 Å². The van der Waals surface area contributed by atoms with Gasteiger partial charge in [0.05, 0.1) is 0 Å². The molecule has 0 aliphatic rings. The fraction of sp³-hybridized carbons (Fsp3) is 0.812. The highest BCUT2D eigenvalue weighted by Crippen LogP contribution is 2.31. The zero-order valence-corrected chi connectivity index (χ0v) is 14.3. The van der Waals surface area contributed by atoms with E-state index in [9.17, 15) is 4.79 Å². The van der Waals surface area contributed by atoms with Gasteiger partial charge in [-0.05, 0) is 37.0 Å². The smallest absolute Gasteiger partial charge is 0.223 e. The van der Waals surface area contributed by atoms with E-state index in [1.807, 2.05) is 13.0 Å². The van der Waals surface area contributed by atoms with Crippen LogP contribution in [-0.2, 0) is 4.79 Å². The molecule has 4 unspecified atom stereocenters. The van der Waals surface area contributed by atoms with E-state index >= 15 is 0 Å². The number of allylic oxidation sites excluding steroid dienone is 1. The lowest BCUT2D eigenvalue weighted by Gasteiger charge is -2.30. The van der Waals surface area contributed by atoms with Crippen molar-refractivity contribution in [3.8, 4) is 0 Å². The lowest BCUT2D eigenvalue weighted by molar-refractivity contribution is -0.126. The molecule has 3 nitrogen and oxygen atoms in total. The first-order valence-electron chi connectivity index (χ1n) is 7.71. The quantitative estimate of drug-likeness (QED) is 0.348. The predicted octanol–water partition coefficient (Wildman–Crippen LogP) is 3.61. The van der Waals surface area contributed by atoms with Gasteiger partial charge in [-0.15, -0.1) is 6.58 Å². The molecule has 0 radical (unpaired) electrons. The summed E-state index contributed by atoms with van der Waals surface area (Å²) >= 11 is 1.41. The van der Waals surface area contributed by atoms with Crippen molar-refractivity contribution in [2.24, 2.45) is 28.8 Å². The summed E-state index contributed by atoms with van der Waals surface area (Å²) in [6, 6.07) is 0. The Balaban J connectivity index is 4.47. The fourth-order valence-electron chi connectivity index (χ4n) is 2.59. The maximum Gasteiger partial charge on any atom is 0.223 e. The summed E-state index contributed by atoms with van der Waals surface area (Å²) in [5.74, 6) is 2.40. The average molecular weight is 301 g/mol. The molecule has 4 atom stereocenters. The molecule has 0 saturated carbocycles. The molecule has 0 fully saturated rings. The Labute approximate surface area is 129 Å². The second-order valence-corrected chi connectivity index (χ2v) is 6.48. The van der Waals surface area contributed by atoms with Crippen molar-refractivity contribution < 1.29 is 4.79 Å². The van der Waals surface area contributed by atoms with E-state index in [0.717, 1.165) is 31.6 Å². The van der Waals surface area contributed by atoms with Crippen LogP contribution in [0.3, 0.4) is 0 Å². The first-order valence-corrected chi connectivity index (χ1v) is 8.76. The van der Waals surface area contributed by atoms with Crippen LogP contribution in [0.1, 0.15) is 47.0 Å². The average Bonchev–Trinajstić information content (AvgIpc) is 2.45. The third kappa shape index (κ3) is 6.80. The summed E-state index contributed by atoms with van der Waals surface area (Å²) in [6.45, 7) is 13.3. The number of nitrogens with one attached hydrogen (secondary N) is 1. The summed E-state index contributed by atoms with van der Waals surface area (Å²) in [4.78, 5) is 12.1. The molecule has 0 spiro atoms. The number of hydrogen-bond donors (Lipinski definition) is 2. The summed E-state index contributed by atoms with van der Waals surface area (Å²) in [6.07, 6.45) is 5.21. The van der Waals surface area contributed by atoms with E-state index in [1.54, 1.807) is 0 Å². The lowest BCUT2D eigenvalue weighted by atomic mass is 9.75. The molecule has 20 heavy (non-hydrogen) atoms. The van der Waals surface area contributed by atoms with E-state index in [2.05, 4.69) is 32.7 Å². The molecule has 118 valence electrons. The number of hydrogen-bond acceptors (Lipinski definition) is 3. The van der Waals surface area contributed by atoms with E-state index in [4.69, 9.17) is 5.14 Å². The second-order valence-electron chi connectivity index (χ2n) is 5.74. The highest BCUT2D eigenvalue weighted by Gasteiger charge is 2.28. The normalized spacial score (nSPS) is 17.1. The maximum absolute atomic E-state index is 12.1. The monoisotopic (exact) mass is 300 g/mol. The van der Waals surface area contributed by atoms with E-state index in [0.29, 0.717) is 11.8 Å². The van der Waals surface area contributed by atoms with Crippen molar-refractivity contribution in [3.63, 3.8) is 0 Å². The molecule has 0 rings (SSSR count). The minimum Gasteiger partial charge on any atom is -0.356 e. The SMILES string of the molecule is C=CC(C(C)C(=O)NCCC)C(C)C(C)CCCSN. The van der Waals surface area contributed by atoms with Gasteiger partial charge in [-0.3, -0.25) is 9.93 Å². The van der Waals surface area contributed by atoms with Crippen molar-refractivity contribution in [2.75, 3.05) is 12.3 Å². The predicted molar refractivity (Wildman–Crippen MR) is 90.4 cm³/mol. The zero-order valence-electron chi connectivity index (χ0n) is 13.5. The van der Waals surface area contributed by atoms with Gasteiger partial charge in [0.1, 0.15) is 0 Å². The van der Waals surface area contributed by atoms with Crippen LogP contribution in [0.2, 0.25) is 0 Å². The molecule has 0 saturated heterocycles. The molecule has 0 aromatic heterocycles. The number of amides is 1. The van der Waals surface area contributed by atoms with Crippen molar-refractivity contribution in [3.05, 3.63) is 12.7 Å². The molecule has 0 aliphatic heterocycles. The van der Waals surface area contributed by atoms with Crippen LogP contribution in [0.5, 0.6) is 0 Å². The van der Waals surface area contributed by atoms with Crippen LogP contribution in [0.25, 0.3) is 0 Å². The Morgan fingerprint density at radius 2 is 2.05 bits per heavy atom. The first-order chi connectivity index (χ1) is 9.49. The minimum absolute atomic E-state index is 0.0135. The Kier molecular flexibility index (Phi) is 10.9. The van der Waals surface area contributed by atoms with Gasteiger partial charge in [0.2, 0.25) is 5.91 Å². The van der Waals surface area contributed by atoms with E-state index in [-0.39, 0.29) is 17.7 Å². The Hall–Kier alpha value is -0.480. The van der Waals surface area contributed by atoms with Gasteiger partial charge in [-0.1, -0.05) is 45.7 Å². The summed E-state index contributed by atoms with van der Waals surface area (Å²) in [5, 5.41) is 8.45. The lowest BCUT2D eigenvalue weighted by Crippen LogP contribution is -2.36. The molecule has 4 heteroatoms. The van der Waals surface area contributed by atoms with Gasteiger partial charge in [-0.25, -0.2) is 0 Å². The molecule has 0 aromatic carbocycles. The number of rotatable bonds is 11. The fourth-order valence-corrected chi connectivity index (χ4v) is 2.92. The van der Waals surface area contributed by atoms with Crippen LogP contribution in [0, 0.1) is 23.7 Å². The summed E-state index contributed by atoms with van der Waals surface area (Å²) < 4.78 is 0. The van der Waals surface area contributed by atoms with Gasteiger partial charge in [0.15, 0.2) is 0 Å². The Bertz CT molecular complexity index is 284. The molecular formula is C16H32N2OS. The molecular weight excluding hydrogens is 268 g/mol. The van der Waals surface area contributed by atoms with Crippen LogP contribution in [-0.4, -0.2) is 18.2 Å². The number of carbonyl (C=O) groups is 1. The second kappa shape index (κ2) is 11.2. The van der Waals surface area contributed by atoms with Crippen LogP contribution >= 0.6 is 11.9 Å². The molecule has 1 amide bonds. The molecule has 0 heterocycles. The Morgan fingerprint density at radius 3 is 2.55 bits per heavy atom. The van der Waals surface area contributed by atoms with Crippen LogP contribution in [0.15, 0.2) is 12.7 Å². The highest BCUT2D eigenvalue weighted by atomic mass is 32.2. The Morgan fingerprint density at radius 1 is 1.40 bits per heavy atom. The van der Waals surface area contributed by atoms with Crippen molar-refractivity contribution in [1.29, 1.82) is 0 Å². The number of carbonyl (C=O) groups excluding carboxylic acids is 1. The standard InChI is InChI=1S/C16H32N2OS/c1-6-10-18-16(19)14(5)15(7-2)13(4)12(3)9-8-11-20-17/h7,12-15H,2,6,8-11,17H2,1,3-5H3,(H,18,19). The third-order valence-corrected chi connectivity index (χ3v) is 4.76. The van der Waals surface area contributed by atoms with Crippen molar-refractivity contribution >= 4 is 17.9 Å². The van der Waals surface area contributed by atoms with Gasteiger partial charge in [0.25, 0.3) is 0 Å². The van der Waals surface area contributed by atoms with E-state index in [1.165, 1.54) is 11.9 Å². The van der Waals surface area contributed by atoms with Gasteiger partial charge < -0.3 is 5.32 Å². The first kappa shape index (κ1) is 19.5. The molecule has 0 aliphatic carbocycles. The minimum atomic E-state index is -0.0135. The zero-order chi connectivity index (χ0) is 15.5. The van der Waals surface area contributed by atoms with Gasteiger partial charge >= 0.3 is 0 Å². The summed E-state index contributed by atoms with van der Waals surface area (Å²) in [5.41, 5.74) is 0. The van der Waals surface area contributed by atoms with Crippen LogP contribution < -0.4 is 10.5 Å². The third-order valence-electron chi connectivity index (χ3n) is 4.24. The highest BCUT2D eigenvalue weighted by molar-refractivity contribution is 7.97. The molecule has 0 aromatic rings. The van der Waals surface area contributed by atoms with Gasteiger partial charge in [0, 0.05) is 18.2 Å². The molecule has 3 N–H and O–H groups in total. The van der Waals surface area contributed by atoms with Crippen molar-refractivity contribution in [1.82, 2.24) is 5.32 Å². The van der Waals surface area contributed by atoms with Crippen molar-refractivity contribution in [2.45, 2.75) is 47.0 Å². The van der Waals surface area contributed by atoms with Gasteiger partial charge in [-0.2, -0.15) is 0 Å². The number of nitrogens with two attached hydrogens (primary N) is 1. The maximum atomic E-state index is 12.1. The largest absolute Gasteiger partial charge is 0.356 e. The topological polar surface area (TPSA) is 55.1 Å².